The molecule has 0 aliphatic carbocycles. The highest BCUT2D eigenvalue weighted by Crippen LogP contribution is 2.34. The van der Waals surface area contributed by atoms with Crippen molar-refractivity contribution < 1.29 is 14.2 Å². The largest absolute Gasteiger partial charge is 0.491 e. The van der Waals surface area contributed by atoms with Crippen LogP contribution in [0.4, 0.5) is 0 Å². The SMILES string of the molecule is CCCCCCCCOc1cccnc1-c1cccc(Oc2cccc(-c3ncccc3OCCCCCCCC)c2)c1. The summed E-state index contributed by atoms with van der Waals surface area (Å²) in [5, 5.41) is 0. The summed E-state index contributed by atoms with van der Waals surface area (Å²) in [6.07, 6.45) is 18.4. The first-order valence-electron chi connectivity index (χ1n) is 16.3. The molecule has 228 valence electrons. The van der Waals surface area contributed by atoms with Crippen LogP contribution in [0.1, 0.15) is 90.9 Å². The van der Waals surface area contributed by atoms with E-state index in [1.54, 1.807) is 0 Å². The van der Waals surface area contributed by atoms with E-state index < -0.39 is 0 Å². The van der Waals surface area contributed by atoms with Gasteiger partial charge in [-0.1, -0.05) is 102 Å². The molecule has 0 radical (unpaired) electrons. The lowest BCUT2D eigenvalue weighted by Gasteiger charge is -2.13. The maximum atomic E-state index is 6.34. The second-order valence-electron chi connectivity index (χ2n) is 11.1. The maximum Gasteiger partial charge on any atom is 0.145 e. The van der Waals surface area contributed by atoms with Crippen molar-refractivity contribution in [1.29, 1.82) is 0 Å². The zero-order valence-corrected chi connectivity index (χ0v) is 26.1. The minimum Gasteiger partial charge on any atom is -0.491 e. The smallest absolute Gasteiger partial charge is 0.145 e. The number of unbranched alkanes of at least 4 members (excludes halogenated alkanes) is 10. The van der Waals surface area contributed by atoms with Gasteiger partial charge in [0, 0.05) is 23.5 Å². The molecule has 0 atom stereocenters. The number of benzene rings is 2. The molecule has 4 rings (SSSR count). The molecule has 0 bridgehead atoms. The summed E-state index contributed by atoms with van der Waals surface area (Å²) in [7, 11) is 0. The van der Waals surface area contributed by atoms with Crippen molar-refractivity contribution in [2.75, 3.05) is 13.2 Å². The van der Waals surface area contributed by atoms with Gasteiger partial charge in [-0.2, -0.15) is 0 Å². The van der Waals surface area contributed by atoms with E-state index in [1.807, 2.05) is 85.2 Å². The van der Waals surface area contributed by atoms with Crippen LogP contribution in [0.5, 0.6) is 23.0 Å². The zero-order chi connectivity index (χ0) is 30.0. The minimum atomic E-state index is 0.700. The lowest BCUT2D eigenvalue weighted by atomic mass is 10.1. The van der Waals surface area contributed by atoms with Crippen LogP contribution in [0.3, 0.4) is 0 Å². The van der Waals surface area contributed by atoms with E-state index in [9.17, 15) is 0 Å². The van der Waals surface area contributed by atoms with Crippen molar-refractivity contribution in [3.8, 4) is 45.5 Å². The van der Waals surface area contributed by atoms with E-state index in [0.717, 1.165) is 58.4 Å². The molecule has 0 saturated heterocycles. The molecule has 0 saturated carbocycles. The van der Waals surface area contributed by atoms with Crippen molar-refractivity contribution in [3.05, 3.63) is 85.2 Å². The van der Waals surface area contributed by atoms with Crippen LogP contribution in [-0.4, -0.2) is 23.2 Å². The van der Waals surface area contributed by atoms with Crippen LogP contribution in [0.2, 0.25) is 0 Å². The number of hydrogen-bond acceptors (Lipinski definition) is 5. The molecule has 2 aromatic heterocycles. The topological polar surface area (TPSA) is 53.5 Å². The van der Waals surface area contributed by atoms with Crippen molar-refractivity contribution in [2.45, 2.75) is 90.9 Å². The van der Waals surface area contributed by atoms with E-state index >= 15 is 0 Å². The summed E-state index contributed by atoms with van der Waals surface area (Å²) in [5.41, 5.74) is 3.58. The Morgan fingerprint density at radius 2 is 0.930 bits per heavy atom. The molecule has 5 heteroatoms. The minimum absolute atomic E-state index is 0.700. The highest BCUT2D eigenvalue weighted by molar-refractivity contribution is 5.69. The third-order valence-corrected chi connectivity index (χ3v) is 7.50. The molecule has 0 spiro atoms. The van der Waals surface area contributed by atoms with Gasteiger partial charge in [0.2, 0.25) is 0 Å². The molecule has 43 heavy (non-hydrogen) atoms. The number of aromatic nitrogens is 2. The molecule has 0 N–H and O–H groups in total. The first-order chi connectivity index (χ1) is 21.3. The molecule has 5 nitrogen and oxygen atoms in total. The molecule has 0 unspecified atom stereocenters. The third-order valence-electron chi connectivity index (χ3n) is 7.50. The summed E-state index contributed by atoms with van der Waals surface area (Å²) in [5.74, 6) is 3.09. The lowest BCUT2D eigenvalue weighted by Crippen LogP contribution is -2.00. The van der Waals surface area contributed by atoms with Gasteiger partial charge in [-0.05, 0) is 61.4 Å². The highest BCUT2D eigenvalue weighted by atomic mass is 16.5. The fraction of sp³-hybridized carbons (Fsp3) is 0.421. The molecule has 0 amide bonds. The highest BCUT2D eigenvalue weighted by Gasteiger charge is 2.12. The van der Waals surface area contributed by atoms with Crippen LogP contribution in [0.25, 0.3) is 22.5 Å². The Bertz CT molecular complexity index is 1250. The van der Waals surface area contributed by atoms with Gasteiger partial charge in [-0.15, -0.1) is 0 Å². The Kier molecular flexibility index (Phi) is 13.9. The predicted molar refractivity (Wildman–Crippen MR) is 177 cm³/mol. The zero-order valence-electron chi connectivity index (χ0n) is 26.1. The van der Waals surface area contributed by atoms with Crippen molar-refractivity contribution in [2.24, 2.45) is 0 Å². The van der Waals surface area contributed by atoms with E-state index in [4.69, 9.17) is 14.2 Å². The van der Waals surface area contributed by atoms with Gasteiger partial charge in [0.1, 0.15) is 34.4 Å². The maximum absolute atomic E-state index is 6.34. The number of rotatable bonds is 20. The monoisotopic (exact) mass is 580 g/mol. The summed E-state index contributed by atoms with van der Waals surface area (Å²) in [4.78, 5) is 9.29. The summed E-state index contributed by atoms with van der Waals surface area (Å²) in [6.45, 7) is 5.89. The van der Waals surface area contributed by atoms with Gasteiger partial charge < -0.3 is 14.2 Å². The number of pyridine rings is 2. The first-order valence-corrected chi connectivity index (χ1v) is 16.3. The molecule has 4 aromatic rings. The molecular formula is C38H48N2O3. The van der Waals surface area contributed by atoms with Crippen LogP contribution in [0, 0.1) is 0 Å². The van der Waals surface area contributed by atoms with E-state index in [0.29, 0.717) is 13.2 Å². The number of nitrogens with zero attached hydrogens (tertiary/aromatic N) is 2. The van der Waals surface area contributed by atoms with Crippen LogP contribution in [-0.2, 0) is 0 Å². The van der Waals surface area contributed by atoms with Crippen molar-refractivity contribution in [3.63, 3.8) is 0 Å². The second kappa shape index (κ2) is 18.6. The summed E-state index contributed by atoms with van der Waals surface area (Å²) >= 11 is 0. The van der Waals surface area contributed by atoms with Gasteiger partial charge in [0.15, 0.2) is 0 Å². The summed E-state index contributed by atoms with van der Waals surface area (Å²) in [6, 6.07) is 23.9. The Morgan fingerprint density at radius 3 is 1.40 bits per heavy atom. The fourth-order valence-electron chi connectivity index (χ4n) is 5.13. The molecular weight excluding hydrogens is 532 g/mol. The molecule has 0 fully saturated rings. The van der Waals surface area contributed by atoms with E-state index in [1.165, 1.54) is 64.2 Å². The van der Waals surface area contributed by atoms with Crippen molar-refractivity contribution >= 4 is 0 Å². The van der Waals surface area contributed by atoms with Gasteiger partial charge in [-0.3, -0.25) is 9.97 Å². The fourth-order valence-corrected chi connectivity index (χ4v) is 5.13. The third kappa shape index (κ3) is 10.7. The molecule has 0 aliphatic rings. The number of hydrogen-bond donors (Lipinski definition) is 0. The van der Waals surface area contributed by atoms with Crippen LogP contribution < -0.4 is 14.2 Å². The van der Waals surface area contributed by atoms with Crippen LogP contribution >= 0.6 is 0 Å². The Hall–Kier alpha value is -3.86. The van der Waals surface area contributed by atoms with E-state index in [-0.39, 0.29) is 0 Å². The average Bonchev–Trinajstić information content (AvgIpc) is 3.04. The first kappa shape index (κ1) is 32.1. The summed E-state index contributed by atoms with van der Waals surface area (Å²) < 4.78 is 18.7. The van der Waals surface area contributed by atoms with Gasteiger partial charge in [-0.25, -0.2) is 0 Å². The Morgan fingerprint density at radius 1 is 0.488 bits per heavy atom. The average molecular weight is 581 g/mol. The standard InChI is InChI=1S/C38H48N2O3/c1-3-5-7-9-11-13-27-41-35-23-17-25-39-37(35)31-19-15-21-33(29-31)43-34-22-16-20-32(30-34)38-36(24-18-26-40-38)42-28-14-12-10-8-6-4-2/h15-26,29-30H,3-14,27-28H2,1-2H3. The normalized spacial score (nSPS) is 10.9. The van der Waals surface area contributed by atoms with Gasteiger partial charge in [0.05, 0.1) is 13.2 Å². The molecule has 0 aliphatic heterocycles. The van der Waals surface area contributed by atoms with Crippen molar-refractivity contribution in [1.82, 2.24) is 9.97 Å². The van der Waals surface area contributed by atoms with E-state index in [2.05, 4.69) is 23.8 Å². The van der Waals surface area contributed by atoms with Gasteiger partial charge in [0.25, 0.3) is 0 Å². The second-order valence-corrected chi connectivity index (χ2v) is 11.1. The van der Waals surface area contributed by atoms with Gasteiger partial charge >= 0.3 is 0 Å². The van der Waals surface area contributed by atoms with Crippen LogP contribution in [0.15, 0.2) is 85.2 Å². The molecule has 2 heterocycles. The Labute approximate surface area is 258 Å². The molecule has 2 aromatic carbocycles. The predicted octanol–water partition coefficient (Wildman–Crippen LogP) is 11.1. The quantitative estimate of drug-likeness (QED) is 0.0973. The lowest BCUT2D eigenvalue weighted by molar-refractivity contribution is 0.304. The number of ether oxygens (including phenoxy) is 3. The Balaban J connectivity index is 1.38.